The number of carboxylic acid groups (broad SMARTS) is 1. The summed E-state index contributed by atoms with van der Waals surface area (Å²) in [5.41, 5.74) is 0.773. The number of carbonyl (C=O) groups excluding carboxylic acids is 2. The van der Waals surface area contributed by atoms with Gasteiger partial charge in [0.15, 0.2) is 11.5 Å². The summed E-state index contributed by atoms with van der Waals surface area (Å²) in [5.74, 6) is -1.80. The minimum Gasteiger partial charge on any atom is -0.493 e. The van der Waals surface area contributed by atoms with Crippen molar-refractivity contribution in [1.29, 1.82) is 0 Å². The van der Waals surface area contributed by atoms with E-state index in [1.54, 1.807) is 30.3 Å². The summed E-state index contributed by atoms with van der Waals surface area (Å²) in [6, 6.07) is 8.55. The standard InChI is InChI=1S/C20H16BrFN2O6/c1-29-16-7-12(6-15-19(27)24(9-18(25)26)20(28)23-15)13(21)8-17(16)30-10-11-4-2-3-5-14(11)22/h2-8H,9-10H2,1H3,(H,23,28)(H,25,26)/b15-6+. The number of imide groups is 1. The predicted molar refractivity (Wildman–Crippen MR) is 107 cm³/mol. The van der Waals surface area contributed by atoms with Gasteiger partial charge < -0.3 is 19.9 Å². The van der Waals surface area contributed by atoms with E-state index in [1.807, 2.05) is 0 Å². The number of ether oxygens (including phenoxy) is 2. The first kappa shape index (κ1) is 21.3. The second-order valence-electron chi connectivity index (χ2n) is 6.18. The molecule has 0 aliphatic carbocycles. The zero-order valence-corrected chi connectivity index (χ0v) is 17.2. The number of rotatable bonds is 7. The van der Waals surface area contributed by atoms with Crippen LogP contribution in [0, 0.1) is 5.82 Å². The van der Waals surface area contributed by atoms with Crippen LogP contribution in [0.25, 0.3) is 6.08 Å². The number of halogens is 2. The maximum atomic E-state index is 13.8. The second-order valence-corrected chi connectivity index (χ2v) is 7.03. The Kier molecular flexibility index (Phi) is 6.36. The number of nitrogens with zero attached hydrogens (tertiary/aromatic N) is 1. The number of hydrogen-bond acceptors (Lipinski definition) is 5. The SMILES string of the molecule is COc1cc(/C=C2/NC(=O)N(CC(=O)O)C2=O)c(Br)cc1OCc1ccccc1F. The number of carboxylic acids is 1. The van der Waals surface area contributed by atoms with Crippen LogP contribution in [0.3, 0.4) is 0 Å². The van der Waals surface area contributed by atoms with Crippen molar-refractivity contribution in [1.82, 2.24) is 10.2 Å². The molecule has 0 bridgehead atoms. The van der Waals surface area contributed by atoms with E-state index in [0.717, 1.165) is 0 Å². The molecule has 3 rings (SSSR count). The molecule has 30 heavy (non-hydrogen) atoms. The lowest BCUT2D eigenvalue weighted by atomic mass is 10.1. The van der Waals surface area contributed by atoms with Crippen LogP contribution in [0.1, 0.15) is 11.1 Å². The maximum absolute atomic E-state index is 13.8. The van der Waals surface area contributed by atoms with Gasteiger partial charge in [0, 0.05) is 10.0 Å². The summed E-state index contributed by atoms with van der Waals surface area (Å²) >= 11 is 3.36. The van der Waals surface area contributed by atoms with Gasteiger partial charge in [0.25, 0.3) is 5.91 Å². The Bertz CT molecular complexity index is 1060. The van der Waals surface area contributed by atoms with Gasteiger partial charge in [-0.05, 0) is 29.8 Å². The van der Waals surface area contributed by atoms with Crippen molar-refractivity contribution < 1.29 is 33.4 Å². The summed E-state index contributed by atoms with van der Waals surface area (Å²) < 4.78 is 25.3. The smallest absolute Gasteiger partial charge is 0.329 e. The van der Waals surface area contributed by atoms with Gasteiger partial charge >= 0.3 is 12.0 Å². The van der Waals surface area contributed by atoms with E-state index in [9.17, 15) is 18.8 Å². The average molecular weight is 479 g/mol. The molecule has 0 aromatic heterocycles. The summed E-state index contributed by atoms with van der Waals surface area (Å²) in [5, 5.41) is 11.2. The number of aliphatic carboxylic acids is 1. The third kappa shape index (κ3) is 4.60. The van der Waals surface area contributed by atoms with Gasteiger partial charge in [0.05, 0.1) is 7.11 Å². The van der Waals surface area contributed by atoms with Crippen molar-refractivity contribution in [2.75, 3.05) is 13.7 Å². The summed E-state index contributed by atoms with van der Waals surface area (Å²) in [6.07, 6.45) is 1.38. The van der Waals surface area contributed by atoms with Gasteiger partial charge in [0.1, 0.15) is 24.7 Å². The highest BCUT2D eigenvalue weighted by atomic mass is 79.9. The molecule has 0 atom stereocenters. The van der Waals surface area contributed by atoms with Crippen LogP contribution in [0.4, 0.5) is 9.18 Å². The van der Waals surface area contributed by atoms with Gasteiger partial charge in [-0.3, -0.25) is 9.59 Å². The largest absolute Gasteiger partial charge is 0.493 e. The number of urea groups is 1. The molecule has 2 aromatic carbocycles. The Hall–Kier alpha value is -3.40. The van der Waals surface area contributed by atoms with Crippen molar-refractivity contribution in [3.8, 4) is 11.5 Å². The number of methoxy groups -OCH3 is 1. The first-order valence-electron chi connectivity index (χ1n) is 8.60. The predicted octanol–water partition coefficient (Wildman–Crippen LogP) is 3.15. The van der Waals surface area contributed by atoms with E-state index in [1.165, 1.54) is 19.3 Å². The van der Waals surface area contributed by atoms with Gasteiger partial charge in [-0.2, -0.15) is 0 Å². The molecule has 1 heterocycles. The molecule has 3 amide bonds. The van der Waals surface area contributed by atoms with Gasteiger partial charge in [0.2, 0.25) is 0 Å². The Morgan fingerprint density at radius 1 is 1.27 bits per heavy atom. The lowest BCUT2D eigenvalue weighted by Crippen LogP contribution is -2.35. The summed E-state index contributed by atoms with van der Waals surface area (Å²) in [4.78, 5) is 35.5. The van der Waals surface area contributed by atoms with Gasteiger partial charge in [-0.15, -0.1) is 0 Å². The van der Waals surface area contributed by atoms with E-state index in [2.05, 4.69) is 21.2 Å². The first-order valence-corrected chi connectivity index (χ1v) is 9.39. The van der Waals surface area contributed by atoms with E-state index >= 15 is 0 Å². The molecule has 10 heteroatoms. The van der Waals surface area contributed by atoms with Crippen LogP contribution < -0.4 is 14.8 Å². The van der Waals surface area contributed by atoms with Crippen LogP contribution in [0.2, 0.25) is 0 Å². The normalized spacial score (nSPS) is 14.8. The highest BCUT2D eigenvalue weighted by Gasteiger charge is 2.35. The van der Waals surface area contributed by atoms with E-state index in [0.29, 0.717) is 32.0 Å². The molecule has 2 N–H and O–H groups in total. The van der Waals surface area contributed by atoms with Gasteiger partial charge in [-0.1, -0.05) is 34.1 Å². The summed E-state index contributed by atoms with van der Waals surface area (Å²) in [7, 11) is 1.42. The van der Waals surface area contributed by atoms with Crippen LogP contribution >= 0.6 is 15.9 Å². The van der Waals surface area contributed by atoms with Gasteiger partial charge in [-0.25, -0.2) is 14.1 Å². The molecule has 0 radical (unpaired) electrons. The number of carbonyl (C=O) groups is 3. The van der Waals surface area contributed by atoms with E-state index < -0.39 is 30.3 Å². The third-order valence-corrected chi connectivity index (χ3v) is 4.87. The molecule has 1 saturated heterocycles. The Balaban J connectivity index is 1.84. The van der Waals surface area contributed by atoms with Crippen molar-refractivity contribution in [3.05, 3.63) is 63.5 Å². The average Bonchev–Trinajstić information content (AvgIpc) is 2.96. The third-order valence-electron chi connectivity index (χ3n) is 4.18. The minimum atomic E-state index is -1.31. The molecule has 2 aromatic rings. The number of hydrogen-bond donors (Lipinski definition) is 2. The number of nitrogens with one attached hydrogen (secondary N) is 1. The molecular weight excluding hydrogens is 463 g/mol. The van der Waals surface area contributed by atoms with Crippen molar-refractivity contribution in [2.24, 2.45) is 0 Å². The fourth-order valence-corrected chi connectivity index (χ4v) is 3.15. The van der Waals surface area contributed by atoms with Crippen molar-refractivity contribution in [2.45, 2.75) is 6.61 Å². The molecule has 1 aliphatic heterocycles. The monoisotopic (exact) mass is 478 g/mol. The molecule has 8 nitrogen and oxygen atoms in total. The zero-order valence-electron chi connectivity index (χ0n) is 15.6. The van der Waals surface area contributed by atoms with Crippen LogP contribution in [-0.4, -0.2) is 41.6 Å². The minimum absolute atomic E-state index is 0.0192. The Morgan fingerprint density at radius 2 is 2.00 bits per heavy atom. The lowest BCUT2D eigenvalue weighted by Gasteiger charge is -2.13. The maximum Gasteiger partial charge on any atom is 0.329 e. The zero-order chi connectivity index (χ0) is 21.8. The molecule has 156 valence electrons. The number of benzene rings is 2. The topological polar surface area (TPSA) is 105 Å². The Morgan fingerprint density at radius 3 is 2.67 bits per heavy atom. The number of amides is 3. The molecule has 1 aliphatic rings. The van der Waals surface area contributed by atoms with E-state index in [4.69, 9.17) is 14.6 Å². The highest BCUT2D eigenvalue weighted by molar-refractivity contribution is 9.10. The fraction of sp³-hybridized carbons (Fsp3) is 0.150. The molecule has 0 spiro atoms. The van der Waals surface area contributed by atoms with Crippen LogP contribution in [0.5, 0.6) is 11.5 Å². The molecular formula is C20H16BrFN2O6. The van der Waals surface area contributed by atoms with Crippen molar-refractivity contribution >= 4 is 39.9 Å². The van der Waals surface area contributed by atoms with Crippen LogP contribution in [-0.2, 0) is 16.2 Å². The first-order chi connectivity index (χ1) is 14.3. The molecule has 0 saturated carbocycles. The summed E-state index contributed by atoms with van der Waals surface area (Å²) in [6.45, 7) is -0.760. The van der Waals surface area contributed by atoms with Crippen molar-refractivity contribution in [3.63, 3.8) is 0 Å². The molecule has 0 unspecified atom stereocenters. The molecule has 1 fully saturated rings. The quantitative estimate of drug-likeness (QED) is 0.467. The Labute approximate surface area is 179 Å². The highest BCUT2D eigenvalue weighted by Crippen LogP contribution is 2.35. The van der Waals surface area contributed by atoms with Crippen LogP contribution in [0.15, 0.2) is 46.6 Å². The van der Waals surface area contributed by atoms with E-state index in [-0.39, 0.29) is 12.3 Å². The fourth-order valence-electron chi connectivity index (χ4n) is 2.71. The second kappa shape index (κ2) is 8.95. The lowest BCUT2D eigenvalue weighted by molar-refractivity contribution is -0.140.